The van der Waals surface area contributed by atoms with E-state index < -0.39 is 0 Å². The normalized spacial score (nSPS) is 15.3. The fraction of sp³-hybridized carbons (Fsp3) is 0.438. The zero-order chi connectivity index (χ0) is 14.7. The van der Waals surface area contributed by atoms with Crippen LogP contribution in [0.3, 0.4) is 0 Å². The van der Waals surface area contributed by atoms with Crippen LogP contribution >= 0.6 is 0 Å². The lowest BCUT2D eigenvalue weighted by molar-refractivity contribution is 0.0735. The van der Waals surface area contributed by atoms with E-state index in [2.05, 4.69) is 10.1 Å². The van der Waals surface area contributed by atoms with Gasteiger partial charge in [-0.25, -0.2) is 9.67 Å². The molecule has 0 atom stereocenters. The number of benzene rings is 1. The highest BCUT2D eigenvalue weighted by atomic mass is 16.2. The molecule has 0 unspecified atom stereocenters. The Hall–Kier alpha value is -2.17. The number of amides is 1. The quantitative estimate of drug-likeness (QED) is 0.866. The van der Waals surface area contributed by atoms with E-state index in [1.54, 1.807) is 11.0 Å². The molecule has 0 N–H and O–H groups in total. The van der Waals surface area contributed by atoms with Crippen LogP contribution in [0.15, 0.2) is 36.9 Å². The molecule has 0 bridgehead atoms. The molecule has 3 rings (SSSR count). The Kier molecular flexibility index (Phi) is 3.99. The lowest BCUT2D eigenvalue weighted by atomic mass is 10.1. The minimum Gasteiger partial charge on any atom is -0.339 e. The zero-order valence-corrected chi connectivity index (χ0v) is 12.3. The van der Waals surface area contributed by atoms with E-state index in [9.17, 15) is 4.79 Å². The summed E-state index contributed by atoms with van der Waals surface area (Å²) in [6.07, 6.45) is 7.94. The van der Waals surface area contributed by atoms with Crippen molar-refractivity contribution in [3.8, 4) is 0 Å². The van der Waals surface area contributed by atoms with Crippen LogP contribution in [0.4, 0.5) is 0 Å². The fourth-order valence-electron chi connectivity index (χ4n) is 2.92. The third-order valence-electron chi connectivity index (χ3n) is 4.20. The monoisotopic (exact) mass is 284 g/mol. The molecular formula is C16H20N4O. The van der Waals surface area contributed by atoms with Crippen molar-refractivity contribution in [2.24, 2.45) is 0 Å². The lowest BCUT2D eigenvalue weighted by Gasteiger charge is -2.24. The van der Waals surface area contributed by atoms with Crippen molar-refractivity contribution in [3.05, 3.63) is 48.0 Å². The summed E-state index contributed by atoms with van der Waals surface area (Å²) in [6.45, 7) is 0.674. The minimum atomic E-state index is 0.120. The summed E-state index contributed by atoms with van der Waals surface area (Å²) in [4.78, 5) is 18.3. The summed E-state index contributed by atoms with van der Waals surface area (Å²) in [5.74, 6) is 0.120. The molecule has 2 aromatic rings. The highest BCUT2D eigenvalue weighted by Gasteiger charge is 2.23. The Morgan fingerprint density at radius 3 is 2.62 bits per heavy atom. The molecule has 0 spiro atoms. The second kappa shape index (κ2) is 6.08. The number of rotatable bonds is 4. The first-order valence-corrected chi connectivity index (χ1v) is 7.42. The molecule has 1 aliphatic carbocycles. The third-order valence-corrected chi connectivity index (χ3v) is 4.20. The van der Waals surface area contributed by atoms with E-state index >= 15 is 0 Å². The van der Waals surface area contributed by atoms with Gasteiger partial charge in [0.05, 0.1) is 6.54 Å². The van der Waals surface area contributed by atoms with Crippen molar-refractivity contribution in [1.82, 2.24) is 19.7 Å². The van der Waals surface area contributed by atoms with Crippen LogP contribution in [0.25, 0.3) is 0 Å². The molecular weight excluding hydrogens is 264 g/mol. The molecule has 0 radical (unpaired) electrons. The van der Waals surface area contributed by atoms with Gasteiger partial charge in [-0.05, 0) is 30.5 Å². The molecule has 0 saturated heterocycles. The highest BCUT2D eigenvalue weighted by molar-refractivity contribution is 5.94. The van der Waals surface area contributed by atoms with Gasteiger partial charge in [-0.2, -0.15) is 5.10 Å². The van der Waals surface area contributed by atoms with Gasteiger partial charge in [0.1, 0.15) is 12.7 Å². The maximum Gasteiger partial charge on any atom is 0.253 e. The van der Waals surface area contributed by atoms with E-state index in [0.717, 1.165) is 24.0 Å². The van der Waals surface area contributed by atoms with E-state index in [1.165, 1.54) is 19.2 Å². The first kappa shape index (κ1) is 13.8. The molecule has 110 valence electrons. The summed E-state index contributed by atoms with van der Waals surface area (Å²) in [6, 6.07) is 8.18. The van der Waals surface area contributed by atoms with Gasteiger partial charge >= 0.3 is 0 Å². The summed E-state index contributed by atoms with van der Waals surface area (Å²) < 4.78 is 1.77. The van der Waals surface area contributed by atoms with Gasteiger partial charge in [-0.1, -0.05) is 25.0 Å². The number of hydrogen-bond donors (Lipinski definition) is 0. The molecule has 1 saturated carbocycles. The SMILES string of the molecule is CN(C(=O)c1ccc(Cn2cncn2)cc1)C1CCCC1. The number of nitrogens with zero attached hydrogens (tertiary/aromatic N) is 4. The van der Waals surface area contributed by atoms with Crippen LogP contribution < -0.4 is 0 Å². The van der Waals surface area contributed by atoms with Gasteiger partial charge in [0.2, 0.25) is 0 Å². The van der Waals surface area contributed by atoms with E-state index in [4.69, 9.17) is 0 Å². The number of carbonyl (C=O) groups excluding carboxylic acids is 1. The summed E-state index contributed by atoms with van der Waals surface area (Å²) in [5, 5.41) is 4.08. The molecule has 1 aliphatic rings. The maximum absolute atomic E-state index is 12.5. The van der Waals surface area contributed by atoms with Crippen LogP contribution in [0.5, 0.6) is 0 Å². The molecule has 5 heteroatoms. The average Bonchev–Trinajstić information content (AvgIpc) is 3.20. The van der Waals surface area contributed by atoms with Gasteiger partial charge in [0.25, 0.3) is 5.91 Å². The number of aromatic nitrogens is 3. The highest BCUT2D eigenvalue weighted by Crippen LogP contribution is 2.23. The standard InChI is InChI=1S/C16H20N4O/c1-19(15-4-2-3-5-15)16(21)14-8-6-13(7-9-14)10-20-12-17-11-18-20/h6-9,11-12,15H,2-5,10H2,1H3. The minimum absolute atomic E-state index is 0.120. The second-order valence-electron chi connectivity index (χ2n) is 5.64. The Labute approximate surface area is 124 Å². The van der Waals surface area contributed by atoms with Gasteiger partial charge < -0.3 is 4.90 Å². The van der Waals surface area contributed by atoms with Gasteiger partial charge in [-0.15, -0.1) is 0 Å². The van der Waals surface area contributed by atoms with E-state index in [0.29, 0.717) is 12.6 Å². The molecule has 1 aromatic carbocycles. The van der Waals surface area contributed by atoms with Crippen molar-refractivity contribution in [2.75, 3.05) is 7.05 Å². The fourth-order valence-corrected chi connectivity index (χ4v) is 2.92. The Morgan fingerprint density at radius 2 is 2.00 bits per heavy atom. The molecule has 1 amide bonds. The van der Waals surface area contributed by atoms with Gasteiger partial charge in [-0.3, -0.25) is 4.79 Å². The topological polar surface area (TPSA) is 51.0 Å². The molecule has 1 fully saturated rings. The van der Waals surface area contributed by atoms with Crippen molar-refractivity contribution in [1.29, 1.82) is 0 Å². The molecule has 5 nitrogen and oxygen atoms in total. The van der Waals surface area contributed by atoms with Crippen molar-refractivity contribution >= 4 is 5.91 Å². The largest absolute Gasteiger partial charge is 0.339 e. The number of carbonyl (C=O) groups is 1. The van der Waals surface area contributed by atoms with Crippen molar-refractivity contribution in [3.63, 3.8) is 0 Å². The molecule has 1 aromatic heterocycles. The van der Waals surface area contributed by atoms with Crippen LogP contribution in [0.1, 0.15) is 41.6 Å². The summed E-state index contributed by atoms with van der Waals surface area (Å²) >= 11 is 0. The van der Waals surface area contributed by atoms with E-state index in [1.807, 2.05) is 36.2 Å². The Balaban J connectivity index is 1.67. The third kappa shape index (κ3) is 3.12. The Bertz CT molecular complexity index is 585. The van der Waals surface area contributed by atoms with Crippen LogP contribution in [-0.4, -0.2) is 38.7 Å². The predicted molar refractivity (Wildman–Crippen MR) is 79.9 cm³/mol. The van der Waals surface area contributed by atoms with Gasteiger partial charge in [0, 0.05) is 18.7 Å². The van der Waals surface area contributed by atoms with Crippen molar-refractivity contribution in [2.45, 2.75) is 38.3 Å². The first-order valence-electron chi connectivity index (χ1n) is 7.42. The average molecular weight is 284 g/mol. The van der Waals surface area contributed by atoms with Crippen molar-refractivity contribution < 1.29 is 4.79 Å². The lowest BCUT2D eigenvalue weighted by Crippen LogP contribution is -2.35. The summed E-state index contributed by atoms with van der Waals surface area (Å²) in [7, 11) is 1.92. The molecule has 21 heavy (non-hydrogen) atoms. The maximum atomic E-state index is 12.5. The summed E-state index contributed by atoms with van der Waals surface area (Å²) in [5.41, 5.74) is 1.87. The zero-order valence-electron chi connectivity index (χ0n) is 12.3. The van der Waals surface area contributed by atoms with Crippen LogP contribution in [0, 0.1) is 0 Å². The molecule has 0 aliphatic heterocycles. The number of hydrogen-bond acceptors (Lipinski definition) is 3. The Morgan fingerprint density at radius 1 is 1.29 bits per heavy atom. The van der Waals surface area contributed by atoms with Crippen LogP contribution in [-0.2, 0) is 6.54 Å². The van der Waals surface area contributed by atoms with Crippen LogP contribution in [0.2, 0.25) is 0 Å². The smallest absolute Gasteiger partial charge is 0.253 e. The van der Waals surface area contributed by atoms with Gasteiger partial charge in [0.15, 0.2) is 0 Å². The molecule has 1 heterocycles. The first-order chi connectivity index (χ1) is 10.2. The van der Waals surface area contributed by atoms with E-state index in [-0.39, 0.29) is 5.91 Å². The predicted octanol–water partition coefficient (Wildman–Crippen LogP) is 2.34. The second-order valence-corrected chi connectivity index (χ2v) is 5.64.